The maximum atomic E-state index is 5.35. The Morgan fingerprint density at radius 2 is 1.90 bits per heavy atom. The van der Waals surface area contributed by atoms with Gasteiger partial charge in [-0.3, -0.25) is 0 Å². The van der Waals surface area contributed by atoms with E-state index < -0.39 is 0 Å². The Hall–Kier alpha value is -0.0800. The minimum absolute atomic E-state index is 0.617. The average Bonchev–Trinajstić information content (AvgIpc) is 1.88. The molecule has 0 radical (unpaired) electrons. The molecule has 0 heterocycles. The summed E-state index contributed by atoms with van der Waals surface area (Å²) in [6, 6.07) is 0.617. The van der Waals surface area contributed by atoms with Crippen LogP contribution in [0.25, 0.3) is 0 Å². The summed E-state index contributed by atoms with van der Waals surface area (Å²) < 4.78 is 0. The molecule has 0 rings (SSSR count). The first-order valence-electron chi connectivity index (χ1n) is 4.12. The standard InChI is InChI=1S/C8H20N2/c1-7(2)8(3)10-6-4-5-9/h7-8,10H,4-6,9H2,1-3H3. The van der Waals surface area contributed by atoms with E-state index in [1.807, 2.05) is 0 Å². The Kier molecular flexibility index (Phi) is 5.64. The highest BCUT2D eigenvalue weighted by Crippen LogP contribution is 1.98. The van der Waals surface area contributed by atoms with Gasteiger partial charge in [0.05, 0.1) is 0 Å². The van der Waals surface area contributed by atoms with Crippen molar-refractivity contribution >= 4 is 0 Å². The van der Waals surface area contributed by atoms with Crippen LogP contribution in [-0.2, 0) is 0 Å². The topological polar surface area (TPSA) is 38.0 Å². The largest absolute Gasteiger partial charge is 0.330 e. The van der Waals surface area contributed by atoms with Gasteiger partial charge in [0.1, 0.15) is 0 Å². The molecule has 10 heavy (non-hydrogen) atoms. The number of hydrogen-bond acceptors (Lipinski definition) is 2. The Bertz CT molecular complexity index is 71.7. The molecule has 62 valence electrons. The van der Waals surface area contributed by atoms with Crippen LogP contribution in [0.5, 0.6) is 0 Å². The van der Waals surface area contributed by atoms with E-state index in [2.05, 4.69) is 26.1 Å². The molecule has 0 fully saturated rings. The lowest BCUT2D eigenvalue weighted by Crippen LogP contribution is -2.32. The molecule has 1 atom stereocenters. The van der Waals surface area contributed by atoms with Gasteiger partial charge in [-0.2, -0.15) is 0 Å². The first-order valence-corrected chi connectivity index (χ1v) is 4.12. The van der Waals surface area contributed by atoms with E-state index in [0.29, 0.717) is 6.04 Å². The quantitative estimate of drug-likeness (QED) is 0.564. The summed E-state index contributed by atoms with van der Waals surface area (Å²) >= 11 is 0. The van der Waals surface area contributed by atoms with E-state index in [1.54, 1.807) is 0 Å². The highest BCUT2D eigenvalue weighted by Gasteiger charge is 2.03. The lowest BCUT2D eigenvalue weighted by Gasteiger charge is -2.16. The maximum Gasteiger partial charge on any atom is 0.00617 e. The fourth-order valence-corrected chi connectivity index (χ4v) is 0.667. The molecule has 0 aromatic rings. The van der Waals surface area contributed by atoms with Crippen molar-refractivity contribution in [1.29, 1.82) is 0 Å². The van der Waals surface area contributed by atoms with E-state index in [1.165, 1.54) is 0 Å². The van der Waals surface area contributed by atoms with E-state index in [0.717, 1.165) is 25.4 Å². The van der Waals surface area contributed by atoms with Crippen molar-refractivity contribution in [1.82, 2.24) is 5.32 Å². The Morgan fingerprint density at radius 1 is 1.30 bits per heavy atom. The van der Waals surface area contributed by atoms with Crippen molar-refractivity contribution in [3.8, 4) is 0 Å². The summed E-state index contributed by atoms with van der Waals surface area (Å²) in [6.45, 7) is 8.50. The first kappa shape index (κ1) is 9.92. The first-order chi connectivity index (χ1) is 4.68. The van der Waals surface area contributed by atoms with Crippen molar-refractivity contribution in [3.05, 3.63) is 0 Å². The fourth-order valence-electron chi connectivity index (χ4n) is 0.667. The molecule has 0 aromatic carbocycles. The van der Waals surface area contributed by atoms with Crippen LogP contribution in [0.15, 0.2) is 0 Å². The molecule has 3 N–H and O–H groups in total. The molecule has 0 aromatic heterocycles. The van der Waals surface area contributed by atoms with Gasteiger partial charge in [-0.1, -0.05) is 13.8 Å². The molecular formula is C8H20N2. The minimum Gasteiger partial charge on any atom is -0.330 e. The molecule has 0 saturated heterocycles. The van der Waals surface area contributed by atoms with Gasteiger partial charge in [0.15, 0.2) is 0 Å². The summed E-state index contributed by atoms with van der Waals surface area (Å²) in [4.78, 5) is 0. The van der Waals surface area contributed by atoms with Gasteiger partial charge >= 0.3 is 0 Å². The van der Waals surface area contributed by atoms with Crippen LogP contribution in [0.3, 0.4) is 0 Å². The van der Waals surface area contributed by atoms with Crippen molar-refractivity contribution in [3.63, 3.8) is 0 Å². The molecule has 0 spiro atoms. The SMILES string of the molecule is CC(C)C(C)NCCCN. The summed E-state index contributed by atoms with van der Waals surface area (Å²) in [6.07, 6.45) is 1.08. The summed E-state index contributed by atoms with van der Waals surface area (Å²) in [7, 11) is 0. The zero-order valence-corrected chi connectivity index (χ0v) is 7.35. The predicted molar refractivity (Wildman–Crippen MR) is 46.0 cm³/mol. The number of rotatable bonds is 5. The van der Waals surface area contributed by atoms with Crippen LogP contribution >= 0.6 is 0 Å². The van der Waals surface area contributed by atoms with Crippen LogP contribution in [0.4, 0.5) is 0 Å². The Balaban J connectivity index is 3.13. The van der Waals surface area contributed by atoms with E-state index in [9.17, 15) is 0 Å². The molecule has 0 aliphatic carbocycles. The highest BCUT2D eigenvalue weighted by molar-refractivity contribution is 4.63. The van der Waals surface area contributed by atoms with Crippen molar-refractivity contribution in [2.45, 2.75) is 33.2 Å². The maximum absolute atomic E-state index is 5.35. The molecule has 0 bridgehead atoms. The minimum atomic E-state index is 0.617. The lowest BCUT2D eigenvalue weighted by atomic mass is 10.1. The number of nitrogens with two attached hydrogens (primary N) is 1. The summed E-state index contributed by atoms with van der Waals surface area (Å²) in [5, 5.41) is 3.40. The third-order valence-corrected chi connectivity index (χ3v) is 1.85. The van der Waals surface area contributed by atoms with Crippen LogP contribution in [0.2, 0.25) is 0 Å². The van der Waals surface area contributed by atoms with Gasteiger partial charge in [0, 0.05) is 6.04 Å². The molecule has 0 aliphatic heterocycles. The predicted octanol–water partition coefficient (Wildman–Crippen LogP) is 0.969. The van der Waals surface area contributed by atoms with E-state index in [-0.39, 0.29) is 0 Å². The third-order valence-electron chi connectivity index (χ3n) is 1.85. The third kappa shape index (κ3) is 4.77. The second kappa shape index (κ2) is 5.69. The zero-order valence-electron chi connectivity index (χ0n) is 7.35. The molecular weight excluding hydrogens is 124 g/mol. The van der Waals surface area contributed by atoms with Crippen molar-refractivity contribution in [2.24, 2.45) is 11.7 Å². The van der Waals surface area contributed by atoms with Crippen LogP contribution in [0, 0.1) is 5.92 Å². The Labute approximate surface area is 64.2 Å². The van der Waals surface area contributed by atoms with E-state index in [4.69, 9.17) is 5.73 Å². The van der Waals surface area contributed by atoms with E-state index >= 15 is 0 Å². The second-order valence-corrected chi connectivity index (χ2v) is 3.13. The number of hydrogen-bond donors (Lipinski definition) is 2. The lowest BCUT2D eigenvalue weighted by molar-refractivity contribution is 0.426. The van der Waals surface area contributed by atoms with Crippen LogP contribution in [-0.4, -0.2) is 19.1 Å². The highest BCUT2D eigenvalue weighted by atomic mass is 14.9. The van der Waals surface area contributed by atoms with Gasteiger partial charge in [-0.15, -0.1) is 0 Å². The zero-order chi connectivity index (χ0) is 7.98. The van der Waals surface area contributed by atoms with Gasteiger partial charge in [-0.05, 0) is 32.4 Å². The average molecular weight is 144 g/mol. The second-order valence-electron chi connectivity index (χ2n) is 3.13. The molecule has 0 aliphatic rings. The summed E-state index contributed by atoms with van der Waals surface area (Å²) in [5.41, 5.74) is 5.35. The van der Waals surface area contributed by atoms with Crippen LogP contribution < -0.4 is 11.1 Å². The van der Waals surface area contributed by atoms with Gasteiger partial charge in [-0.25, -0.2) is 0 Å². The fraction of sp³-hybridized carbons (Fsp3) is 1.00. The molecule has 0 amide bonds. The normalized spacial score (nSPS) is 14.1. The monoisotopic (exact) mass is 144 g/mol. The van der Waals surface area contributed by atoms with Gasteiger partial charge < -0.3 is 11.1 Å². The smallest absolute Gasteiger partial charge is 0.00617 e. The molecule has 1 unspecified atom stereocenters. The molecule has 0 saturated carbocycles. The van der Waals surface area contributed by atoms with Crippen molar-refractivity contribution < 1.29 is 0 Å². The summed E-state index contributed by atoms with van der Waals surface area (Å²) in [5.74, 6) is 0.720. The number of nitrogens with one attached hydrogen (secondary N) is 1. The van der Waals surface area contributed by atoms with Crippen LogP contribution in [0.1, 0.15) is 27.2 Å². The Morgan fingerprint density at radius 3 is 2.30 bits per heavy atom. The van der Waals surface area contributed by atoms with Crippen molar-refractivity contribution in [2.75, 3.05) is 13.1 Å². The van der Waals surface area contributed by atoms with Gasteiger partial charge in [0.2, 0.25) is 0 Å². The molecule has 2 nitrogen and oxygen atoms in total. The molecule has 2 heteroatoms. The van der Waals surface area contributed by atoms with Gasteiger partial charge in [0.25, 0.3) is 0 Å².